The summed E-state index contributed by atoms with van der Waals surface area (Å²) in [6.45, 7) is 1.22. The minimum atomic E-state index is -0.163. The van der Waals surface area contributed by atoms with Crippen LogP contribution in [0.1, 0.15) is 10.6 Å². The molecule has 0 aliphatic heterocycles. The molecule has 78 valence electrons. The molecule has 0 unspecified atom stereocenters. The molecule has 0 aliphatic carbocycles. The van der Waals surface area contributed by atoms with Gasteiger partial charge in [0.15, 0.2) is 0 Å². The fourth-order valence-electron chi connectivity index (χ4n) is 1.29. The molecular weight excluding hydrogens is 211 g/mol. The van der Waals surface area contributed by atoms with Crippen LogP contribution in [0, 0.1) is 5.82 Å². The van der Waals surface area contributed by atoms with Crippen molar-refractivity contribution in [3.63, 3.8) is 0 Å². The summed E-state index contributed by atoms with van der Waals surface area (Å²) >= 11 is 1.59. The molecule has 15 heavy (non-hydrogen) atoms. The fourth-order valence-corrected chi connectivity index (χ4v) is 1.87. The van der Waals surface area contributed by atoms with Crippen molar-refractivity contribution in [3.05, 3.63) is 52.2 Å². The highest BCUT2D eigenvalue weighted by molar-refractivity contribution is 7.09. The van der Waals surface area contributed by atoms with Crippen LogP contribution in [0.2, 0.25) is 0 Å². The zero-order chi connectivity index (χ0) is 10.5. The molecule has 1 aromatic heterocycles. The van der Waals surface area contributed by atoms with E-state index in [0.717, 1.165) is 5.01 Å². The van der Waals surface area contributed by atoms with Gasteiger partial charge >= 0.3 is 0 Å². The third-order valence-electron chi connectivity index (χ3n) is 2.03. The predicted octanol–water partition coefficient (Wildman–Crippen LogP) is 2.57. The molecule has 1 aromatic carbocycles. The van der Waals surface area contributed by atoms with Gasteiger partial charge in [-0.2, -0.15) is 0 Å². The summed E-state index contributed by atoms with van der Waals surface area (Å²) in [7, 11) is 0. The van der Waals surface area contributed by atoms with Crippen LogP contribution in [0.4, 0.5) is 4.39 Å². The molecule has 0 saturated heterocycles. The van der Waals surface area contributed by atoms with E-state index >= 15 is 0 Å². The lowest BCUT2D eigenvalue weighted by Crippen LogP contribution is -2.13. The summed E-state index contributed by atoms with van der Waals surface area (Å²) in [6, 6.07) is 6.79. The van der Waals surface area contributed by atoms with E-state index in [4.69, 9.17) is 0 Å². The monoisotopic (exact) mass is 222 g/mol. The Morgan fingerprint density at radius 1 is 1.27 bits per heavy atom. The van der Waals surface area contributed by atoms with Crippen LogP contribution < -0.4 is 5.32 Å². The summed E-state index contributed by atoms with van der Waals surface area (Å²) in [5, 5.41) is 6.10. The first-order valence-electron chi connectivity index (χ1n) is 4.69. The van der Waals surface area contributed by atoms with E-state index < -0.39 is 0 Å². The smallest absolute Gasteiger partial charge is 0.127 e. The second-order valence-corrected chi connectivity index (χ2v) is 4.10. The predicted molar refractivity (Wildman–Crippen MR) is 59.1 cm³/mol. The number of benzene rings is 1. The molecule has 2 aromatic rings. The normalized spacial score (nSPS) is 10.5. The maximum Gasteiger partial charge on any atom is 0.127 e. The van der Waals surface area contributed by atoms with Crippen molar-refractivity contribution in [2.24, 2.45) is 0 Å². The molecule has 0 bridgehead atoms. The molecule has 0 radical (unpaired) electrons. The minimum Gasteiger partial charge on any atom is -0.306 e. The second-order valence-electron chi connectivity index (χ2n) is 3.12. The highest BCUT2D eigenvalue weighted by Crippen LogP contribution is 2.07. The average Bonchev–Trinajstić information content (AvgIpc) is 2.74. The van der Waals surface area contributed by atoms with Gasteiger partial charge in [0.05, 0.1) is 0 Å². The highest BCUT2D eigenvalue weighted by Gasteiger charge is 2.00. The Kier molecular flexibility index (Phi) is 3.42. The van der Waals surface area contributed by atoms with Gasteiger partial charge in [0, 0.05) is 30.2 Å². The Labute approximate surface area is 91.8 Å². The number of rotatable bonds is 4. The molecule has 0 atom stereocenters. The zero-order valence-corrected chi connectivity index (χ0v) is 8.93. The Hall–Kier alpha value is -1.26. The summed E-state index contributed by atoms with van der Waals surface area (Å²) in [6.07, 6.45) is 1.77. The van der Waals surface area contributed by atoms with Crippen molar-refractivity contribution >= 4 is 11.3 Å². The summed E-state index contributed by atoms with van der Waals surface area (Å²) in [5.74, 6) is -0.163. The van der Waals surface area contributed by atoms with Crippen molar-refractivity contribution in [2.75, 3.05) is 0 Å². The minimum absolute atomic E-state index is 0.163. The standard InChI is InChI=1S/C11H11FN2S/c12-10-4-2-1-3-9(10)7-13-8-11-14-5-6-15-11/h1-6,13H,7-8H2. The van der Waals surface area contributed by atoms with Crippen LogP contribution in [-0.4, -0.2) is 4.98 Å². The molecule has 2 rings (SSSR count). The maximum atomic E-state index is 13.2. The van der Waals surface area contributed by atoms with Gasteiger partial charge in [-0.25, -0.2) is 9.37 Å². The van der Waals surface area contributed by atoms with E-state index in [0.29, 0.717) is 18.7 Å². The van der Waals surface area contributed by atoms with Crippen molar-refractivity contribution in [1.29, 1.82) is 0 Å². The average molecular weight is 222 g/mol. The quantitative estimate of drug-likeness (QED) is 0.860. The van der Waals surface area contributed by atoms with Crippen LogP contribution in [0.25, 0.3) is 0 Å². The third-order valence-corrected chi connectivity index (χ3v) is 2.81. The van der Waals surface area contributed by atoms with Gasteiger partial charge in [-0.1, -0.05) is 18.2 Å². The molecule has 1 heterocycles. The topological polar surface area (TPSA) is 24.9 Å². The molecular formula is C11H11FN2S. The third kappa shape index (κ3) is 2.84. The van der Waals surface area contributed by atoms with Crippen molar-refractivity contribution in [1.82, 2.24) is 10.3 Å². The van der Waals surface area contributed by atoms with Gasteiger partial charge in [0.2, 0.25) is 0 Å². The SMILES string of the molecule is Fc1ccccc1CNCc1nccs1. The van der Waals surface area contributed by atoms with Crippen LogP contribution in [0.5, 0.6) is 0 Å². The first-order chi connectivity index (χ1) is 7.36. The van der Waals surface area contributed by atoms with E-state index in [-0.39, 0.29) is 5.82 Å². The van der Waals surface area contributed by atoms with Crippen molar-refractivity contribution < 1.29 is 4.39 Å². The molecule has 4 heteroatoms. The first kappa shape index (κ1) is 10.3. The Morgan fingerprint density at radius 3 is 2.87 bits per heavy atom. The zero-order valence-electron chi connectivity index (χ0n) is 8.11. The number of thiazole rings is 1. The lowest BCUT2D eigenvalue weighted by molar-refractivity contribution is 0.587. The van der Waals surface area contributed by atoms with Crippen LogP contribution in [0.15, 0.2) is 35.8 Å². The first-order valence-corrected chi connectivity index (χ1v) is 5.57. The molecule has 0 fully saturated rings. The number of nitrogens with one attached hydrogen (secondary N) is 1. The maximum absolute atomic E-state index is 13.2. The van der Waals surface area contributed by atoms with E-state index in [1.807, 2.05) is 11.4 Å². The summed E-state index contributed by atoms with van der Waals surface area (Å²) in [4.78, 5) is 4.13. The van der Waals surface area contributed by atoms with Gasteiger partial charge in [0.25, 0.3) is 0 Å². The lowest BCUT2D eigenvalue weighted by Gasteiger charge is -2.03. The van der Waals surface area contributed by atoms with Gasteiger partial charge in [-0.3, -0.25) is 0 Å². The van der Waals surface area contributed by atoms with Crippen molar-refractivity contribution in [2.45, 2.75) is 13.1 Å². The molecule has 2 nitrogen and oxygen atoms in total. The Morgan fingerprint density at radius 2 is 2.13 bits per heavy atom. The second kappa shape index (κ2) is 5.00. The van der Waals surface area contributed by atoms with Crippen LogP contribution in [0.3, 0.4) is 0 Å². The van der Waals surface area contributed by atoms with E-state index in [2.05, 4.69) is 10.3 Å². The van der Waals surface area contributed by atoms with Crippen LogP contribution in [-0.2, 0) is 13.1 Å². The van der Waals surface area contributed by atoms with E-state index in [1.165, 1.54) is 6.07 Å². The number of hydrogen-bond donors (Lipinski definition) is 1. The Bertz CT molecular complexity index is 414. The molecule has 0 amide bonds. The largest absolute Gasteiger partial charge is 0.306 e. The molecule has 0 spiro atoms. The fraction of sp³-hybridized carbons (Fsp3) is 0.182. The van der Waals surface area contributed by atoms with Gasteiger partial charge in [-0.15, -0.1) is 11.3 Å². The summed E-state index contributed by atoms with van der Waals surface area (Å²) in [5.41, 5.74) is 0.689. The molecule has 0 aliphatic rings. The number of hydrogen-bond acceptors (Lipinski definition) is 3. The Balaban J connectivity index is 1.86. The van der Waals surface area contributed by atoms with Gasteiger partial charge < -0.3 is 5.32 Å². The molecule has 1 N–H and O–H groups in total. The van der Waals surface area contributed by atoms with Crippen LogP contribution >= 0.6 is 11.3 Å². The van der Waals surface area contributed by atoms with Crippen molar-refractivity contribution in [3.8, 4) is 0 Å². The number of aromatic nitrogens is 1. The number of nitrogens with zero attached hydrogens (tertiary/aromatic N) is 1. The van der Waals surface area contributed by atoms with Gasteiger partial charge in [-0.05, 0) is 6.07 Å². The number of halogens is 1. The lowest BCUT2D eigenvalue weighted by atomic mass is 10.2. The highest BCUT2D eigenvalue weighted by atomic mass is 32.1. The van der Waals surface area contributed by atoms with E-state index in [9.17, 15) is 4.39 Å². The van der Waals surface area contributed by atoms with Gasteiger partial charge in [0.1, 0.15) is 10.8 Å². The van der Waals surface area contributed by atoms with E-state index in [1.54, 1.807) is 29.7 Å². The summed E-state index contributed by atoms with van der Waals surface area (Å²) < 4.78 is 13.2. The molecule has 0 saturated carbocycles.